The summed E-state index contributed by atoms with van der Waals surface area (Å²) < 4.78 is 4.96. The van der Waals surface area contributed by atoms with Crippen LogP contribution in [0.25, 0.3) is 0 Å². The third kappa shape index (κ3) is 6.33. The summed E-state index contributed by atoms with van der Waals surface area (Å²) in [6.45, 7) is 5.59. The molecule has 0 saturated carbocycles. The predicted octanol–water partition coefficient (Wildman–Crippen LogP) is 0.779. The van der Waals surface area contributed by atoms with Gasteiger partial charge in [-0.05, 0) is 5.92 Å². The zero-order valence-corrected chi connectivity index (χ0v) is 12.3. The molecule has 0 bridgehead atoms. The lowest BCUT2D eigenvalue weighted by Crippen LogP contribution is -2.28. The molecule has 4 N–H and O–H groups in total. The van der Waals surface area contributed by atoms with Crippen molar-refractivity contribution in [3.05, 3.63) is 11.9 Å². The monoisotopic (exact) mass is 281 g/mol. The average molecular weight is 281 g/mol. The Morgan fingerprint density at radius 2 is 2.20 bits per heavy atom. The maximum atomic E-state index is 11.5. The maximum Gasteiger partial charge on any atom is 0.221 e. The molecule has 0 aromatic carbocycles. The van der Waals surface area contributed by atoms with Crippen molar-refractivity contribution in [2.75, 3.05) is 31.2 Å². The molecule has 0 aliphatic heterocycles. The van der Waals surface area contributed by atoms with Crippen LogP contribution in [0.15, 0.2) is 6.07 Å². The number of aromatic nitrogens is 2. The van der Waals surface area contributed by atoms with Crippen molar-refractivity contribution in [1.82, 2.24) is 15.3 Å². The van der Waals surface area contributed by atoms with Crippen molar-refractivity contribution < 1.29 is 9.53 Å². The molecule has 0 aliphatic rings. The van der Waals surface area contributed by atoms with Gasteiger partial charge in [-0.25, -0.2) is 9.97 Å². The molecular weight excluding hydrogens is 258 g/mol. The van der Waals surface area contributed by atoms with Crippen LogP contribution in [-0.4, -0.2) is 36.1 Å². The van der Waals surface area contributed by atoms with E-state index in [4.69, 9.17) is 10.5 Å². The molecule has 0 spiro atoms. The molecule has 0 atom stereocenters. The molecule has 1 aromatic heterocycles. The van der Waals surface area contributed by atoms with Crippen molar-refractivity contribution >= 4 is 17.5 Å². The summed E-state index contributed by atoms with van der Waals surface area (Å²) in [5.41, 5.74) is 5.68. The van der Waals surface area contributed by atoms with Crippen molar-refractivity contribution in [3.8, 4) is 0 Å². The highest BCUT2D eigenvalue weighted by Crippen LogP contribution is 2.08. The van der Waals surface area contributed by atoms with Gasteiger partial charge in [0, 0.05) is 32.7 Å². The lowest BCUT2D eigenvalue weighted by atomic mass is 10.2. The molecular formula is C13H23N5O2. The van der Waals surface area contributed by atoms with Crippen LogP contribution in [0.1, 0.15) is 26.1 Å². The quantitative estimate of drug-likeness (QED) is 0.651. The van der Waals surface area contributed by atoms with Crippen LogP contribution in [0, 0.1) is 5.92 Å². The zero-order chi connectivity index (χ0) is 15.0. The number of nitrogen functional groups attached to an aromatic ring is 1. The van der Waals surface area contributed by atoms with Crippen molar-refractivity contribution in [2.45, 2.75) is 26.9 Å². The molecule has 1 aromatic rings. The molecule has 20 heavy (non-hydrogen) atoms. The first-order valence-electron chi connectivity index (χ1n) is 6.64. The second-order valence-electron chi connectivity index (χ2n) is 4.90. The van der Waals surface area contributed by atoms with E-state index in [0.717, 1.165) is 0 Å². The lowest BCUT2D eigenvalue weighted by molar-refractivity contribution is -0.120. The average Bonchev–Trinajstić information content (AvgIpc) is 2.36. The molecule has 0 aliphatic carbocycles. The van der Waals surface area contributed by atoms with Gasteiger partial charge in [0.2, 0.25) is 5.91 Å². The van der Waals surface area contributed by atoms with Crippen LogP contribution >= 0.6 is 0 Å². The van der Waals surface area contributed by atoms with Crippen LogP contribution in [0.3, 0.4) is 0 Å². The first-order valence-corrected chi connectivity index (χ1v) is 6.64. The largest absolute Gasteiger partial charge is 0.384 e. The number of carbonyl (C=O) groups is 1. The maximum absolute atomic E-state index is 11.5. The zero-order valence-electron chi connectivity index (χ0n) is 12.3. The van der Waals surface area contributed by atoms with Crippen LogP contribution in [0.2, 0.25) is 0 Å². The Hall–Kier alpha value is -1.89. The summed E-state index contributed by atoms with van der Waals surface area (Å²) in [5.74, 6) is 1.95. The third-order valence-corrected chi connectivity index (χ3v) is 2.43. The molecule has 0 radical (unpaired) electrons. The second-order valence-corrected chi connectivity index (χ2v) is 4.90. The second kappa shape index (κ2) is 8.31. The summed E-state index contributed by atoms with van der Waals surface area (Å²) in [6.07, 6.45) is 0.385. The number of nitrogens with one attached hydrogen (secondary N) is 2. The van der Waals surface area contributed by atoms with Gasteiger partial charge in [0.05, 0.1) is 0 Å². The van der Waals surface area contributed by atoms with E-state index in [1.807, 2.05) is 0 Å². The fraction of sp³-hybridized carbons (Fsp3) is 0.615. The summed E-state index contributed by atoms with van der Waals surface area (Å²) >= 11 is 0. The van der Waals surface area contributed by atoms with Gasteiger partial charge in [-0.1, -0.05) is 13.8 Å². The summed E-state index contributed by atoms with van der Waals surface area (Å²) in [4.78, 5) is 19.8. The number of rotatable bonds is 8. The van der Waals surface area contributed by atoms with Crippen LogP contribution < -0.4 is 16.4 Å². The van der Waals surface area contributed by atoms with Gasteiger partial charge in [0.1, 0.15) is 18.2 Å². The Morgan fingerprint density at radius 3 is 2.85 bits per heavy atom. The molecule has 1 amide bonds. The fourth-order valence-corrected chi connectivity index (χ4v) is 1.51. The molecule has 0 fully saturated rings. The van der Waals surface area contributed by atoms with Crippen molar-refractivity contribution in [2.24, 2.45) is 5.92 Å². The van der Waals surface area contributed by atoms with E-state index in [1.165, 1.54) is 0 Å². The molecule has 1 rings (SSSR count). The lowest BCUT2D eigenvalue weighted by Gasteiger charge is -2.09. The number of amides is 1. The van der Waals surface area contributed by atoms with E-state index in [1.54, 1.807) is 13.2 Å². The van der Waals surface area contributed by atoms with Gasteiger partial charge < -0.3 is 21.1 Å². The number of methoxy groups -OCH3 is 1. The van der Waals surface area contributed by atoms with Gasteiger partial charge >= 0.3 is 0 Å². The van der Waals surface area contributed by atoms with E-state index < -0.39 is 0 Å². The molecule has 7 nitrogen and oxygen atoms in total. The number of anilines is 2. The van der Waals surface area contributed by atoms with E-state index in [2.05, 4.69) is 34.4 Å². The molecule has 0 unspecified atom stereocenters. The summed E-state index contributed by atoms with van der Waals surface area (Å²) in [5, 5.41) is 5.91. The number of hydrogen-bond donors (Lipinski definition) is 3. The predicted molar refractivity (Wildman–Crippen MR) is 78.1 cm³/mol. The van der Waals surface area contributed by atoms with Gasteiger partial charge in [-0.15, -0.1) is 0 Å². The Bertz CT molecular complexity index is 437. The minimum absolute atomic E-state index is 0.0188. The molecule has 112 valence electrons. The number of nitrogens with zero attached hydrogens (tertiary/aromatic N) is 2. The van der Waals surface area contributed by atoms with E-state index in [-0.39, 0.29) is 5.91 Å². The SMILES string of the molecule is COCc1nc(N)cc(NCCC(=O)NCC(C)C)n1. The minimum Gasteiger partial charge on any atom is -0.384 e. The van der Waals surface area contributed by atoms with Gasteiger partial charge in [-0.3, -0.25) is 4.79 Å². The summed E-state index contributed by atoms with van der Waals surface area (Å²) in [6, 6.07) is 1.63. The first kappa shape index (κ1) is 16.2. The van der Waals surface area contributed by atoms with Gasteiger partial charge in [-0.2, -0.15) is 0 Å². The van der Waals surface area contributed by atoms with E-state index in [0.29, 0.717) is 49.5 Å². The normalized spacial score (nSPS) is 10.6. The molecule has 1 heterocycles. The number of ether oxygens (including phenoxy) is 1. The van der Waals surface area contributed by atoms with Crippen LogP contribution in [0.5, 0.6) is 0 Å². The number of hydrogen-bond acceptors (Lipinski definition) is 6. The van der Waals surface area contributed by atoms with E-state index >= 15 is 0 Å². The van der Waals surface area contributed by atoms with Gasteiger partial charge in [0.25, 0.3) is 0 Å². The summed E-state index contributed by atoms with van der Waals surface area (Å²) in [7, 11) is 1.57. The highest BCUT2D eigenvalue weighted by molar-refractivity contribution is 5.76. The highest BCUT2D eigenvalue weighted by atomic mass is 16.5. The minimum atomic E-state index is 0.0188. The van der Waals surface area contributed by atoms with Gasteiger partial charge in [0.15, 0.2) is 5.82 Å². The number of nitrogens with two attached hydrogens (primary N) is 1. The van der Waals surface area contributed by atoms with Crippen molar-refractivity contribution in [1.29, 1.82) is 0 Å². The van der Waals surface area contributed by atoms with E-state index in [9.17, 15) is 4.79 Å². The highest BCUT2D eigenvalue weighted by Gasteiger charge is 2.05. The first-order chi connectivity index (χ1) is 9.51. The smallest absolute Gasteiger partial charge is 0.221 e. The molecule has 0 saturated heterocycles. The van der Waals surface area contributed by atoms with Crippen molar-refractivity contribution in [3.63, 3.8) is 0 Å². The Kier molecular flexibility index (Phi) is 6.72. The Labute approximate surface area is 119 Å². The third-order valence-electron chi connectivity index (χ3n) is 2.43. The standard InChI is InChI=1S/C13H23N5O2/c1-9(2)7-16-13(19)4-5-15-11-6-10(14)17-12(18-11)8-20-3/h6,9H,4-5,7-8H2,1-3H3,(H,16,19)(H3,14,15,17,18). The van der Waals surface area contributed by atoms with Crippen LogP contribution in [-0.2, 0) is 16.1 Å². The number of carbonyl (C=O) groups excluding carboxylic acids is 1. The van der Waals surface area contributed by atoms with Crippen LogP contribution in [0.4, 0.5) is 11.6 Å². The fourth-order valence-electron chi connectivity index (χ4n) is 1.51. The topological polar surface area (TPSA) is 102 Å². The Morgan fingerprint density at radius 1 is 1.45 bits per heavy atom. The Balaban J connectivity index is 2.39. The molecule has 7 heteroatoms.